The summed E-state index contributed by atoms with van der Waals surface area (Å²) < 4.78 is 26.7. The standard InChI is InChI=1S/C23H30N2O8/c1-5-6-9-32-19-8-7-16(12-20(19)30-3)15-24-23(26)17-13-21(31-4)22(33-11-10-29-2)14-18(17)25(27)28/h7-8,12-14H,5-6,9-11,15H2,1-4H3,(H,24,26). The van der Waals surface area contributed by atoms with Gasteiger partial charge in [0.15, 0.2) is 23.0 Å². The first-order chi connectivity index (χ1) is 15.9. The van der Waals surface area contributed by atoms with Gasteiger partial charge in [0.25, 0.3) is 11.6 Å². The molecule has 1 amide bonds. The Morgan fingerprint density at radius 3 is 2.27 bits per heavy atom. The number of benzene rings is 2. The van der Waals surface area contributed by atoms with E-state index in [1.807, 2.05) is 0 Å². The smallest absolute Gasteiger partial charge is 0.286 e. The number of methoxy groups -OCH3 is 3. The third-order valence-corrected chi connectivity index (χ3v) is 4.70. The predicted molar refractivity (Wildman–Crippen MR) is 122 cm³/mol. The number of nitrogens with one attached hydrogen (secondary N) is 1. The Balaban J connectivity index is 2.18. The Labute approximate surface area is 192 Å². The Morgan fingerprint density at radius 2 is 1.64 bits per heavy atom. The lowest BCUT2D eigenvalue weighted by molar-refractivity contribution is -0.385. The predicted octanol–water partition coefficient (Wildman–Crippen LogP) is 3.75. The van der Waals surface area contributed by atoms with Gasteiger partial charge in [0.2, 0.25) is 0 Å². The molecular weight excluding hydrogens is 432 g/mol. The molecule has 0 aliphatic carbocycles. The average Bonchev–Trinajstić information content (AvgIpc) is 2.82. The Bertz CT molecular complexity index is 948. The molecular formula is C23H30N2O8. The van der Waals surface area contributed by atoms with Crippen LogP contribution in [0.5, 0.6) is 23.0 Å². The number of unbranched alkanes of at least 4 members (excludes halogenated alkanes) is 1. The first kappa shape index (κ1) is 25.7. The van der Waals surface area contributed by atoms with Gasteiger partial charge < -0.3 is 29.0 Å². The summed E-state index contributed by atoms with van der Waals surface area (Å²) in [4.78, 5) is 23.7. The quantitative estimate of drug-likeness (QED) is 0.256. The summed E-state index contributed by atoms with van der Waals surface area (Å²) >= 11 is 0. The summed E-state index contributed by atoms with van der Waals surface area (Å²) in [6.07, 6.45) is 1.95. The van der Waals surface area contributed by atoms with Crippen molar-refractivity contribution in [3.05, 3.63) is 51.6 Å². The summed E-state index contributed by atoms with van der Waals surface area (Å²) in [7, 11) is 4.44. The van der Waals surface area contributed by atoms with Crippen LogP contribution in [0.1, 0.15) is 35.7 Å². The van der Waals surface area contributed by atoms with Crippen molar-refractivity contribution in [3.63, 3.8) is 0 Å². The highest BCUT2D eigenvalue weighted by Crippen LogP contribution is 2.35. The number of carbonyl (C=O) groups is 1. The van der Waals surface area contributed by atoms with Gasteiger partial charge in [-0.1, -0.05) is 19.4 Å². The lowest BCUT2D eigenvalue weighted by atomic mass is 10.1. The van der Waals surface area contributed by atoms with Crippen LogP contribution in [0.3, 0.4) is 0 Å². The van der Waals surface area contributed by atoms with Crippen molar-refractivity contribution in [2.75, 3.05) is 41.2 Å². The topological polar surface area (TPSA) is 118 Å². The zero-order chi connectivity index (χ0) is 24.2. The number of amides is 1. The number of hydrogen-bond donors (Lipinski definition) is 1. The molecule has 0 heterocycles. The summed E-state index contributed by atoms with van der Waals surface area (Å²) in [5.41, 5.74) is 0.220. The second-order valence-corrected chi connectivity index (χ2v) is 6.99. The van der Waals surface area contributed by atoms with Crippen molar-refractivity contribution >= 4 is 11.6 Å². The van der Waals surface area contributed by atoms with Gasteiger partial charge in [-0.2, -0.15) is 0 Å². The van der Waals surface area contributed by atoms with Crippen LogP contribution in [0, 0.1) is 10.1 Å². The zero-order valence-corrected chi connectivity index (χ0v) is 19.3. The number of nitrogens with zero attached hydrogens (tertiary/aromatic N) is 1. The second kappa shape index (κ2) is 13.1. The van der Waals surface area contributed by atoms with Crippen LogP contribution < -0.4 is 24.3 Å². The number of rotatable bonds is 14. The number of ether oxygens (including phenoxy) is 5. The molecule has 1 N–H and O–H groups in total. The normalized spacial score (nSPS) is 10.4. The monoisotopic (exact) mass is 462 g/mol. The van der Waals surface area contributed by atoms with E-state index in [0.717, 1.165) is 18.4 Å². The molecule has 2 aromatic carbocycles. The molecule has 0 spiro atoms. The van der Waals surface area contributed by atoms with E-state index >= 15 is 0 Å². The molecule has 0 fully saturated rings. The fraction of sp³-hybridized carbons (Fsp3) is 0.435. The molecule has 0 atom stereocenters. The van der Waals surface area contributed by atoms with Crippen molar-refractivity contribution in [2.24, 2.45) is 0 Å². The highest BCUT2D eigenvalue weighted by atomic mass is 16.6. The van der Waals surface area contributed by atoms with E-state index in [1.165, 1.54) is 33.5 Å². The van der Waals surface area contributed by atoms with Crippen LogP contribution in [0.4, 0.5) is 5.69 Å². The van der Waals surface area contributed by atoms with E-state index in [9.17, 15) is 14.9 Å². The van der Waals surface area contributed by atoms with Gasteiger partial charge in [-0.15, -0.1) is 0 Å². The maximum absolute atomic E-state index is 12.8. The Hall–Kier alpha value is -3.53. The van der Waals surface area contributed by atoms with Gasteiger partial charge in [-0.05, 0) is 24.1 Å². The molecule has 0 unspecified atom stereocenters. The van der Waals surface area contributed by atoms with Gasteiger partial charge in [-0.25, -0.2) is 0 Å². The molecule has 0 bridgehead atoms. The summed E-state index contributed by atoms with van der Waals surface area (Å²) in [6.45, 7) is 3.27. The highest BCUT2D eigenvalue weighted by Gasteiger charge is 2.25. The van der Waals surface area contributed by atoms with Crippen LogP contribution >= 0.6 is 0 Å². The van der Waals surface area contributed by atoms with E-state index in [1.54, 1.807) is 18.2 Å². The van der Waals surface area contributed by atoms with E-state index in [-0.39, 0.29) is 30.2 Å². The fourth-order valence-corrected chi connectivity index (χ4v) is 2.93. The lowest BCUT2D eigenvalue weighted by Gasteiger charge is -2.14. The molecule has 33 heavy (non-hydrogen) atoms. The lowest BCUT2D eigenvalue weighted by Crippen LogP contribution is -2.24. The summed E-state index contributed by atoms with van der Waals surface area (Å²) in [5.74, 6) is 0.900. The molecule has 0 saturated heterocycles. The molecule has 10 nitrogen and oxygen atoms in total. The van der Waals surface area contributed by atoms with E-state index < -0.39 is 16.5 Å². The minimum atomic E-state index is -0.636. The van der Waals surface area contributed by atoms with Crippen molar-refractivity contribution in [3.8, 4) is 23.0 Å². The van der Waals surface area contributed by atoms with Gasteiger partial charge in [0.05, 0.1) is 38.4 Å². The van der Waals surface area contributed by atoms with Gasteiger partial charge >= 0.3 is 0 Å². The van der Waals surface area contributed by atoms with Crippen LogP contribution in [-0.4, -0.2) is 52.0 Å². The molecule has 0 radical (unpaired) electrons. The van der Waals surface area contributed by atoms with Crippen LogP contribution in [0.2, 0.25) is 0 Å². The molecule has 0 aliphatic heterocycles. The summed E-state index contributed by atoms with van der Waals surface area (Å²) in [6, 6.07) is 7.79. The second-order valence-electron chi connectivity index (χ2n) is 6.99. The van der Waals surface area contributed by atoms with Crippen LogP contribution in [0.25, 0.3) is 0 Å². The first-order valence-electron chi connectivity index (χ1n) is 10.5. The third kappa shape index (κ3) is 7.25. The first-order valence-corrected chi connectivity index (χ1v) is 10.5. The molecule has 2 aromatic rings. The minimum Gasteiger partial charge on any atom is -0.493 e. The van der Waals surface area contributed by atoms with Gasteiger partial charge in [-0.3, -0.25) is 14.9 Å². The molecule has 10 heteroatoms. The Morgan fingerprint density at radius 1 is 0.939 bits per heavy atom. The molecule has 0 saturated carbocycles. The third-order valence-electron chi connectivity index (χ3n) is 4.70. The SMILES string of the molecule is CCCCOc1ccc(CNC(=O)c2cc(OC)c(OCCOC)cc2[N+](=O)[O-])cc1OC. The van der Waals surface area contributed by atoms with Crippen molar-refractivity contribution in [1.29, 1.82) is 0 Å². The number of carbonyl (C=O) groups excluding carboxylic acids is 1. The Kier molecular flexibility index (Phi) is 10.2. The number of nitro groups is 1. The highest BCUT2D eigenvalue weighted by molar-refractivity contribution is 5.99. The van der Waals surface area contributed by atoms with Crippen molar-refractivity contribution in [2.45, 2.75) is 26.3 Å². The van der Waals surface area contributed by atoms with E-state index in [2.05, 4.69) is 12.2 Å². The summed E-state index contributed by atoms with van der Waals surface area (Å²) in [5, 5.41) is 14.3. The minimum absolute atomic E-state index is 0.135. The fourth-order valence-electron chi connectivity index (χ4n) is 2.93. The van der Waals surface area contributed by atoms with Crippen LogP contribution in [-0.2, 0) is 11.3 Å². The molecule has 0 aromatic heterocycles. The maximum atomic E-state index is 12.8. The van der Waals surface area contributed by atoms with Crippen molar-refractivity contribution in [1.82, 2.24) is 5.32 Å². The van der Waals surface area contributed by atoms with E-state index in [4.69, 9.17) is 23.7 Å². The molecule has 2 rings (SSSR count). The van der Waals surface area contributed by atoms with Gasteiger partial charge in [0, 0.05) is 19.7 Å². The molecule has 0 aliphatic rings. The number of nitro benzene ring substituents is 1. The largest absolute Gasteiger partial charge is 0.493 e. The average molecular weight is 462 g/mol. The van der Waals surface area contributed by atoms with Gasteiger partial charge in [0.1, 0.15) is 12.2 Å². The number of hydrogen-bond acceptors (Lipinski definition) is 8. The van der Waals surface area contributed by atoms with Crippen molar-refractivity contribution < 1.29 is 33.4 Å². The van der Waals surface area contributed by atoms with Crippen LogP contribution in [0.15, 0.2) is 30.3 Å². The molecule has 180 valence electrons. The van der Waals surface area contributed by atoms with E-state index in [0.29, 0.717) is 24.7 Å². The zero-order valence-electron chi connectivity index (χ0n) is 19.3. The maximum Gasteiger partial charge on any atom is 0.286 e.